The van der Waals surface area contributed by atoms with Crippen LogP contribution in [0.1, 0.15) is 28.8 Å². The number of nitrogens with two attached hydrogens (primary N) is 1. The van der Waals surface area contributed by atoms with Crippen molar-refractivity contribution >= 4 is 33.9 Å². The van der Waals surface area contributed by atoms with Crippen molar-refractivity contribution < 1.29 is 9.53 Å². The molecule has 0 bridgehead atoms. The molecule has 0 aliphatic carbocycles. The quantitative estimate of drug-likeness (QED) is 0.504. The molecule has 7 heteroatoms. The van der Waals surface area contributed by atoms with Crippen LogP contribution in [0, 0.1) is 0 Å². The fraction of sp³-hybridized carbons (Fsp3) is 0.292. The number of nitrogens with one attached hydrogen (secondary N) is 1. The lowest BCUT2D eigenvalue weighted by molar-refractivity contribution is 0.0949. The molecule has 0 radical (unpaired) electrons. The highest BCUT2D eigenvalue weighted by atomic mass is 16.5. The van der Waals surface area contributed by atoms with E-state index in [0.29, 0.717) is 35.6 Å². The van der Waals surface area contributed by atoms with E-state index in [9.17, 15) is 4.79 Å². The maximum Gasteiger partial charge on any atom is 0.257 e. The second-order valence-electron chi connectivity index (χ2n) is 7.88. The first kappa shape index (κ1) is 19.5. The number of hydrogen-bond donors (Lipinski definition) is 2. The first-order chi connectivity index (χ1) is 15.2. The summed E-state index contributed by atoms with van der Waals surface area (Å²) in [5, 5.41) is 3.00. The first-order valence-corrected chi connectivity index (χ1v) is 10.7. The molecule has 1 aliphatic rings. The zero-order valence-electron chi connectivity index (χ0n) is 17.3. The number of nitrogen functional groups attached to an aromatic ring is 1. The molecule has 0 spiro atoms. The zero-order valence-corrected chi connectivity index (χ0v) is 17.3. The van der Waals surface area contributed by atoms with E-state index in [-0.39, 0.29) is 12.0 Å². The van der Waals surface area contributed by atoms with E-state index in [1.54, 1.807) is 0 Å². The van der Waals surface area contributed by atoms with Gasteiger partial charge in [-0.2, -0.15) is 0 Å². The van der Waals surface area contributed by atoms with Gasteiger partial charge < -0.3 is 20.4 Å². The molecule has 2 aromatic carbocycles. The standard InChI is InChI=1S/C24H25N5O2/c25-22-20(24(30)26-13-12-16-7-2-1-3-8-16)21-23(29(22)15-17-9-6-14-31-17)28-19-11-5-4-10-18(19)27-21/h1-5,7-8,10-11,17H,6,9,12-15,25H2,(H,26,30)/t17-/m1/s1. The maximum atomic E-state index is 13.2. The highest BCUT2D eigenvalue weighted by molar-refractivity contribution is 6.10. The van der Waals surface area contributed by atoms with Crippen molar-refractivity contribution in [3.8, 4) is 0 Å². The van der Waals surface area contributed by atoms with E-state index in [0.717, 1.165) is 36.9 Å². The molecule has 1 atom stereocenters. The van der Waals surface area contributed by atoms with Gasteiger partial charge in [-0.25, -0.2) is 9.97 Å². The number of hydrogen-bond acceptors (Lipinski definition) is 5. The number of carbonyl (C=O) groups excluding carboxylic acids is 1. The van der Waals surface area contributed by atoms with Gasteiger partial charge in [-0.3, -0.25) is 4.79 Å². The van der Waals surface area contributed by atoms with E-state index in [1.807, 2.05) is 59.2 Å². The van der Waals surface area contributed by atoms with Crippen LogP contribution in [0.15, 0.2) is 54.6 Å². The van der Waals surface area contributed by atoms with Gasteiger partial charge in [-0.1, -0.05) is 42.5 Å². The molecule has 158 valence electrons. The number of anilines is 1. The van der Waals surface area contributed by atoms with Crippen LogP contribution in [0.4, 0.5) is 5.82 Å². The Kier molecular flexibility index (Phi) is 5.26. The number of carbonyl (C=O) groups is 1. The Bertz CT molecular complexity index is 1230. The van der Waals surface area contributed by atoms with E-state index in [2.05, 4.69) is 5.32 Å². The molecule has 1 fully saturated rings. The number of fused-ring (bicyclic) bond motifs is 2. The van der Waals surface area contributed by atoms with Gasteiger partial charge in [0.1, 0.15) is 16.9 Å². The Labute approximate surface area is 180 Å². The summed E-state index contributed by atoms with van der Waals surface area (Å²) in [5.74, 6) is 0.159. The van der Waals surface area contributed by atoms with Crippen LogP contribution in [0.5, 0.6) is 0 Å². The molecule has 2 aromatic heterocycles. The summed E-state index contributed by atoms with van der Waals surface area (Å²) >= 11 is 0. The number of nitrogens with zero attached hydrogens (tertiary/aromatic N) is 3. The number of amides is 1. The predicted molar refractivity (Wildman–Crippen MR) is 121 cm³/mol. The Hall–Kier alpha value is -3.45. The molecule has 4 aromatic rings. The number of ether oxygens (including phenoxy) is 1. The summed E-state index contributed by atoms with van der Waals surface area (Å²) in [6, 6.07) is 17.7. The molecule has 0 unspecified atom stereocenters. The number of rotatable bonds is 6. The molecular formula is C24H25N5O2. The van der Waals surface area contributed by atoms with Gasteiger partial charge in [-0.15, -0.1) is 0 Å². The molecule has 1 aliphatic heterocycles. The SMILES string of the molecule is Nc1c(C(=O)NCCc2ccccc2)c2nc3ccccc3nc2n1C[C@H]1CCCO1. The van der Waals surface area contributed by atoms with E-state index < -0.39 is 0 Å². The van der Waals surface area contributed by atoms with Crippen molar-refractivity contribution in [1.29, 1.82) is 0 Å². The van der Waals surface area contributed by atoms with Crippen molar-refractivity contribution in [1.82, 2.24) is 19.9 Å². The average Bonchev–Trinajstić information content (AvgIpc) is 3.40. The van der Waals surface area contributed by atoms with Crippen LogP contribution in [0.3, 0.4) is 0 Å². The lowest BCUT2D eigenvalue weighted by Gasteiger charge is -2.13. The summed E-state index contributed by atoms with van der Waals surface area (Å²) < 4.78 is 7.69. The second kappa shape index (κ2) is 8.35. The van der Waals surface area contributed by atoms with Gasteiger partial charge in [0.15, 0.2) is 5.65 Å². The fourth-order valence-corrected chi connectivity index (χ4v) is 4.17. The minimum atomic E-state index is -0.228. The van der Waals surface area contributed by atoms with Gasteiger partial charge >= 0.3 is 0 Å². The molecule has 3 N–H and O–H groups in total. The van der Waals surface area contributed by atoms with Crippen molar-refractivity contribution in [3.63, 3.8) is 0 Å². The monoisotopic (exact) mass is 415 g/mol. The van der Waals surface area contributed by atoms with Crippen molar-refractivity contribution in [2.24, 2.45) is 0 Å². The van der Waals surface area contributed by atoms with E-state index in [4.69, 9.17) is 20.4 Å². The topological polar surface area (TPSA) is 95.1 Å². The van der Waals surface area contributed by atoms with Gasteiger partial charge in [0.2, 0.25) is 0 Å². The van der Waals surface area contributed by atoms with Crippen LogP contribution in [-0.4, -0.2) is 39.7 Å². The van der Waals surface area contributed by atoms with Crippen molar-refractivity contribution in [3.05, 3.63) is 65.7 Å². The summed E-state index contributed by atoms with van der Waals surface area (Å²) in [6.07, 6.45) is 2.82. The molecule has 5 rings (SSSR count). The number of aromatic nitrogens is 3. The summed E-state index contributed by atoms with van der Waals surface area (Å²) in [4.78, 5) is 22.7. The average molecular weight is 415 g/mol. The lowest BCUT2D eigenvalue weighted by Crippen LogP contribution is -2.27. The van der Waals surface area contributed by atoms with Gasteiger partial charge in [0.05, 0.1) is 23.7 Å². The maximum absolute atomic E-state index is 13.2. The highest BCUT2D eigenvalue weighted by Crippen LogP contribution is 2.29. The highest BCUT2D eigenvalue weighted by Gasteiger charge is 2.26. The minimum absolute atomic E-state index is 0.0696. The predicted octanol–water partition coefficient (Wildman–Crippen LogP) is 3.32. The molecule has 1 saturated heterocycles. The van der Waals surface area contributed by atoms with Crippen LogP contribution in [-0.2, 0) is 17.7 Å². The van der Waals surface area contributed by atoms with Gasteiger partial charge in [0, 0.05) is 13.2 Å². The lowest BCUT2D eigenvalue weighted by atomic mass is 10.1. The van der Waals surface area contributed by atoms with Crippen LogP contribution in [0.25, 0.3) is 22.2 Å². The Morgan fingerprint density at radius 3 is 2.58 bits per heavy atom. The molecule has 7 nitrogen and oxygen atoms in total. The zero-order chi connectivity index (χ0) is 21.2. The number of para-hydroxylation sites is 2. The summed E-state index contributed by atoms with van der Waals surface area (Å²) in [7, 11) is 0. The second-order valence-corrected chi connectivity index (χ2v) is 7.88. The first-order valence-electron chi connectivity index (χ1n) is 10.7. The Morgan fingerprint density at radius 1 is 1.10 bits per heavy atom. The molecule has 0 saturated carbocycles. The third-order valence-corrected chi connectivity index (χ3v) is 5.77. The Morgan fingerprint density at radius 2 is 1.84 bits per heavy atom. The third kappa shape index (κ3) is 3.84. The molecular weight excluding hydrogens is 390 g/mol. The van der Waals surface area contributed by atoms with Crippen LogP contribution >= 0.6 is 0 Å². The van der Waals surface area contributed by atoms with E-state index >= 15 is 0 Å². The summed E-state index contributed by atoms with van der Waals surface area (Å²) in [6.45, 7) is 1.83. The third-order valence-electron chi connectivity index (χ3n) is 5.77. The summed E-state index contributed by atoms with van der Waals surface area (Å²) in [5.41, 5.74) is 10.7. The van der Waals surface area contributed by atoms with Crippen LogP contribution in [0.2, 0.25) is 0 Å². The molecule has 31 heavy (non-hydrogen) atoms. The van der Waals surface area contributed by atoms with Crippen molar-refractivity contribution in [2.45, 2.75) is 31.9 Å². The smallest absolute Gasteiger partial charge is 0.257 e. The normalized spacial score (nSPS) is 16.2. The number of benzene rings is 2. The van der Waals surface area contributed by atoms with Crippen LogP contribution < -0.4 is 11.1 Å². The molecule has 1 amide bonds. The van der Waals surface area contributed by atoms with Gasteiger partial charge in [-0.05, 0) is 37.0 Å². The minimum Gasteiger partial charge on any atom is -0.384 e. The van der Waals surface area contributed by atoms with Gasteiger partial charge in [0.25, 0.3) is 5.91 Å². The largest absolute Gasteiger partial charge is 0.384 e. The molecule has 3 heterocycles. The fourth-order valence-electron chi connectivity index (χ4n) is 4.17. The van der Waals surface area contributed by atoms with Crippen molar-refractivity contribution in [2.75, 3.05) is 18.9 Å². The van der Waals surface area contributed by atoms with E-state index in [1.165, 1.54) is 5.56 Å². The Balaban J connectivity index is 1.50.